The molecule has 0 spiro atoms. The maximum atomic E-state index is 12.5. The van der Waals surface area contributed by atoms with Crippen LogP contribution >= 0.6 is 11.6 Å². The van der Waals surface area contributed by atoms with E-state index in [1.54, 1.807) is 7.11 Å². The topological polar surface area (TPSA) is 50.8 Å². The number of para-hydroxylation sites is 1. The summed E-state index contributed by atoms with van der Waals surface area (Å²) >= 11 is 6.25. The van der Waals surface area contributed by atoms with Crippen LogP contribution in [0.4, 0.5) is 5.69 Å². The van der Waals surface area contributed by atoms with Crippen molar-refractivity contribution >= 4 is 29.3 Å². The minimum atomic E-state index is -0.639. The second-order valence-electron chi connectivity index (χ2n) is 9.17. The summed E-state index contributed by atoms with van der Waals surface area (Å²) in [7, 11) is 1.62. The molecule has 1 atom stereocenters. The first kappa shape index (κ1) is 22.4. The number of hydrogen-bond donors (Lipinski definition) is 1. The second-order valence-corrected chi connectivity index (χ2v) is 9.57. The summed E-state index contributed by atoms with van der Waals surface area (Å²) in [6, 6.07) is 21.7. The van der Waals surface area contributed by atoms with Crippen LogP contribution in [0.15, 0.2) is 72.8 Å². The van der Waals surface area contributed by atoms with Crippen LogP contribution in [0.2, 0.25) is 5.02 Å². The Bertz CT molecular complexity index is 1290. The third-order valence-corrected chi connectivity index (χ3v) is 7.29. The van der Waals surface area contributed by atoms with Gasteiger partial charge in [-0.3, -0.25) is 4.79 Å². The summed E-state index contributed by atoms with van der Waals surface area (Å²) in [5, 5.41) is 3.92. The van der Waals surface area contributed by atoms with E-state index in [9.17, 15) is 4.79 Å². The van der Waals surface area contributed by atoms with Crippen molar-refractivity contribution in [3.63, 3.8) is 0 Å². The summed E-state index contributed by atoms with van der Waals surface area (Å²) < 4.78 is 11.6. The number of fused-ring (bicyclic) bond motifs is 3. The molecule has 3 aromatic carbocycles. The van der Waals surface area contributed by atoms with E-state index in [1.165, 1.54) is 5.56 Å². The fourth-order valence-electron chi connectivity index (χ4n) is 5.03. The second kappa shape index (κ2) is 8.41. The Morgan fingerprint density at radius 3 is 2.62 bits per heavy atom. The molecule has 1 saturated heterocycles. The number of anilines is 1. The van der Waals surface area contributed by atoms with Gasteiger partial charge in [0.1, 0.15) is 12.3 Å². The van der Waals surface area contributed by atoms with E-state index in [1.807, 2.05) is 60.7 Å². The maximum absolute atomic E-state index is 12.5. The van der Waals surface area contributed by atoms with Crippen molar-refractivity contribution in [2.75, 3.05) is 18.6 Å². The Labute approximate surface area is 204 Å². The van der Waals surface area contributed by atoms with Gasteiger partial charge in [0.25, 0.3) is 0 Å². The number of amides is 1. The Kier molecular flexibility index (Phi) is 5.53. The van der Waals surface area contributed by atoms with Crippen molar-refractivity contribution in [2.45, 2.75) is 31.5 Å². The smallest absolute Gasteiger partial charge is 0.241 e. The van der Waals surface area contributed by atoms with Crippen LogP contribution in [0.3, 0.4) is 0 Å². The quantitative estimate of drug-likeness (QED) is 0.507. The lowest BCUT2D eigenvalue weighted by molar-refractivity contribution is -0.118. The van der Waals surface area contributed by atoms with Gasteiger partial charge in [-0.25, -0.2) is 0 Å². The Morgan fingerprint density at radius 2 is 1.82 bits per heavy atom. The van der Waals surface area contributed by atoms with E-state index in [2.05, 4.69) is 42.3 Å². The number of benzene rings is 3. The molecule has 3 aromatic rings. The SMILES string of the molecule is COc1cc(C=CC23NC(=O)CN2c2ccccc2C3(C)C)ccc1OCc1ccccc1Cl. The predicted molar refractivity (Wildman–Crippen MR) is 135 cm³/mol. The number of halogens is 1. The number of methoxy groups -OCH3 is 1. The fourth-order valence-corrected chi connectivity index (χ4v) is 5.22. The number of hydrogen-bond acceptors (Lipinski definition) is 4. The van der Waals surface area contributed by atoms with Gasteiger partial charge in [-0.15, -0.1) is 0 Å². The molecule has 1 unspecified atom stereocenters. The molecule has 6 heteroatoms. The van der Waals surface area contributed by atoms with E-state index in [0.717, 1.165) is 16.8 Å². The summed E-state index contributed by atoms with van der Waals surface area (Å²) in [6.07, 6.45) is 4.13. The van der Waals surface area contributed by atoms with Gasteiger partial charge in [-0.1, -0.05) is 74.0 Å². The molecule has 0 radical (unpaired) electrons. The van der Waals surface area contributed by atoms with Gasteiger partial charge in [-0.2, -0.15) is 0 Å². The van der Waals surface area contributed by atoms with E-state index < -0.39 is 5.66 Å². The zero-order chi connectivity index (χ0) is 23.9. The minimum absolute atomic E-state index is 0.0214. The van der Waals surface area contributed by atoms with Gasteiger partial charge in [0.05, 0.1) is 13.7 Å². The molecule has 2 aliphatic rings. The molecule has 174 valence electrons. The highest BCUT2D eigenvalue weighted by Crippen LogP contribution is 2.52. The molecular formula is C28H27ClN2O3. The molecule has 0 aliphatic carbocycles. The lowest BCUT2D eigenvalue weighted by atomic mass is 9.75. The first-order valence-electron chi connectivity index (χ1n) is 11.3. The summed E-state index contributed by atoms with van der Waals surface area (Å²) in [6.45, 7) is 5.03. The van der Waals surface area contributed by atoms with Crippen molar-refractivity contribution in [3.05, 3.63) is 94.5 Å². The Morgan fingerprint density at radius 1 is 1.06 bits per heavy atom. The van der Waals surface area contributed by atoms with Crippen molar-refractivity contribution in [1.29, 1.82) is 0 Å². The van der Waals surface area contributed by atoms with Crippen LogP contribution in [-0.4, -0.2) is 25.2 Å². The van der Waals surface area contributed by atoms with Gasteiger partial charge in [0, 0.05) is 21.7 Å². The average molecular weight is 475 g/mol. The highest BCUT2D eigenvalue weighted by molar-refractivity contribution is 6.31. The van der Waals surface area contributed by atoms with Gasteiger partial charge < -0.3 is 19.7 Å². The third kappa shape index (κ3) is 3.51. The molecule has 2 heterocycles. The maximum Gasteiger partial charge on any atom is 0.241 e. The molecule has 5 nitrogen and oxygen atoms in total. The number of carbonyl (C=O) groups is 1. The molecule has 5 rings (SSSR count). The Hall–Kier alpha value is -3.44. The van der Waals surface area contributed by atoms with Gasteiger partial charge >= 0.3 is 0 Å². The summed E-state index contributed by atoms with van der Waals surface area (Å²) in [5.74, 6) is 1.29. The zero-order valence-corrected chi connectivity index (χ0v) is 20.2. The lowest BCUT2D eigenvalue weighted by Gasteiger charge is -2.40. The monoisotopic (exact) mass is 474 g/mol. The first-order chi connectivity index (χ1) is 16.4. The molecule has 1 fully saturated rings. The number of ether oxygens (including phenoxy) is 2. The van der Waals surface area contributed by atoms with Crippen molar-refractivity contribution < 1.29 is 14.3 Å². The predicted octanol–water partition coefficient (Wildman–Crippen LogP) is 5.56. The van der Waals surface area contributed by atoms with Crippen LogP contribution in [-0.2, 0) is 16.8 Å². The minimum Gasteiger partial charge on any atom is -0.493 e. The zero-order valence-electron chi connectivity index (χ0n) is 19.5. The van der Waals surface area contributed by atoms with Crippen LogP contribution in [0.25, 0.3) is 6.08 Å². The van der Waals surface area contributed by atoms with E-state index in [0.29, 0.717) is 29.7 Å². The van der Waals surface area contributed by atoms with Crippen molar-refractivity contribution in [2.24, 2.45) is 0 Å². The first-order valence-corrected chi connectivity index (χ1v) is 11.7. The molecule has 0 aromatic heterocycles. The van der Waals surface area contributed by atoms with E-state index in [-0.39, 0.29) is 11.3 Å². The number of carbonyl (C=O) groups excluding carboxylic acids is 1. The van der Waals surface area contributed by atoms with Crippen LogP contribution in [0.5, 0.6) is 11.5 Å². The third-order valence-electron chi connectivity index (χ3n) is 6.92. The Balaban J connectivity index is 1.43. The highest BCUT2D eigenvalue weighted by atomic mass is 35.5. The van der Waals surface area contributed by atoms with Gasteiger partial charge in [0.2, 0.25) is 5.91 Å². The number of rotatable bonds is 6. The van der Waals surface area contributed by atoms with Crippen LogP contribution in [0.1, 0.15) is 30.5 Å². The molecule has 0 saturated carbocycles. The van der Waals surface area contributed by atoms with Crippen molar-refractivity contribution in [1.82, 2.24) is 5.32 Å². The fraction of sp³-hybridized carbons (Fsp3) is 0.250. The molecular weight excluding hydrogens is 448 g/mol. The van der Waals surface area contributed by atoms with E-state index >= 15 is 0 Å². The van der Waals surface area contributed by atoms with Crippen LogP contribution < -0.4 is 19.7 Å². The number of nitrogens with one attached hydrogen (secondary N) is 1. The molecule has 1 amide bonds. The van der Waals surface area contributed by atoms with Gasteiger partial charge in [0.15, 0.2) is 11.5 Å². The average Bonchev–Trinajstić information content (AvgIpc) is 3.27. The molecule has 1 N–H and O–H groups in total. The van der Waals surface area contributed by atoms with Crippen molar-refractivity contribution in [3.8, 4) is 11.5 Å². The summed E-state index contributed by atoms with van der Waals surface area (Å²) in [5.41, 5.74) is 3.23. The van der Waals surface area contributed by atoms with Crippen LogP contribution in [0, 0.1) is 0 Å². The number of nitrogens with zero attached hydrogens (tertiary/aromatic N) is 1. The summed E-state index contributed by atoms with van der Waals surface area (Å²) in [4.78, 5) is 14.7. The normalized spacial score (nSPS) is 20.2. The standard InChI is InChI=1S/C28H27ClN2O3/c1-27(2)21-9-5-7-11-23(21)31-17-26(32)30-28(27,31)15-14-19-12-13-24(25(16-19)33-3)34-18-20-8-4-6-10-22(20)29/h4-16H,17-18H2,1-3H3,(H,30,32). The lowest BCUT2D eigenvalue weighted by Crippen LogP contribution is -2.58. The van der Waals surface area contributed by atoms with E-state index in [4.69, 9.17) is 21.1 Å². The molecule has 0 bridgehead atoms. The van der Waals surface area contributed by atoms with Gasteiger partial charge in [-0.05, 0) is 41.5 Å². The molecule has 34 heavy (non-hydrogen) atoms. The highest BCUT2D eigenvalue weighted by Gasteiger charge is 2.59. The molecule has 2 aliphatic heterocycles. The largest absolute Gasteiger partial charge is 0.493 e.